The number of nitrogens with zero attached hydrogens (tertiary/aromatic N) is 2. The van der Waals surface area contributed by atoms with Crippen molar-refractivity contribution in [3.63, 3.8) is 0 Å². The Bertz CT molecular complexity index is 979. The Morgan fingerprint density at radius 1 is 0.903 bits per heavy atom. The van der Waals surface area contributed by atoms with Crippen molar-refractivity contribution in [3.05, 3.63) is 83.4 Å². The van der Waals surface area contributed by atoms with Crippen LogP contribution in [0, 0.1) is 28.6 Å². The first-order chi connectivity index (χ1) is 15.1. The van der Waals surface area contributed by atoms with Crippen LogP contribution in [0.15, 0.2) is 72.3 Å². The molecule has 0 aliphatic carbocycles. The summed E-state index contributed by atoms with van der Waals surface area (Å²) in [6.45, 7) is 2.02. The van der Waals surface area contributed by atoms with Crippen LogP contribution in [-0.2, 0) is 4.79 Å². The maximum absolute atomic E-state index is 11.9. The highest BCUT2D eigenvalue weighted by Crippen LogP contribution is 2.29. The number of rotatable bonds is 11. The molecule has 0 bridgehead atoms. The summed E-state index contributed by atoms with van der Waals surface area (Å²) in [6.07, 6.45) is 6.18. The molecule has 0 aromatic heterocycles. The van der Waals surface area contributed by atoms with Gasteiger partial charge in [-0.2, -0.15) is 10.5 Å². The third-order valence-corrected chi connectivity index (χ3v) is 5.29. The molecule has 2 aromatic carbocycles. The number of hydrogen-bond acceptors (Lipinski definition) is 3. The van der Waals surface area contributed by atoms with Crippen LogP contribution in [-0.4, -0.2) is 11.1 Å². The molecule has 4 heteroatoms. The van der Waals surface area contributed by atoms with E-state index in [1.54, 1.807) is 6.08 Å². The summed E-state index contributed by atoms with van der Waals surface area (Å²) < 4.78 is 0. The standard InChI is InChI=1S/C27H28N2O2/c1-21(23-13-8-4-9-14-23)26(24-15-10-5-11-16-24)18-25(27(30)31)17-7-3-2-6-12-22(19-28)20-29/h4-5,8-11,13-16,18,22H,2-3,6-7,12,17H2,1H3,(H,30,31). The summed E-state index contributed by atoms with van der Waals surface area (Å²) in [5.74, 6) is -1.45. The number of carboxylic acids is 1. The monoisotopic (exact) mass is 412 g/mol. The van der Waals surface area contributed by atoms with E-state index in [9.17, 15) is 9.90 Å². The van der Waals surface area contributed by atoms with Gasteiger partial charge in [0.25, 0.3) is 0 Å². The lowest BCUT2D eigenvalue weighted by Crippen LogP contribution is -2.02. The van der Waals surface area contributed by atoms with E-state index < -0.39 is 11.9 Å². The second-order valence-electron chi connectivity index (χ2n) is 7.51. The molecular formula is C27H28N2O2. The molecule has 0 heterocycles. The number of aliphatic carboxylic acids is 1. The maximum atomic E-state index is 11.9. The van der Waals surface area contributed by atoms with Crippen molar-refractivity contribution in [2.45, 2.75) is 45.4 Å². The average Bonchev–Trinajstić information content (AvgIpc) is 2.81. The molecule has 0 aliphatic rings. The SMILES string of the molecule is CC(=C(C=C(CCCCCCC(C#N)C#N)C(=O)O)c1ccccc1)c1ccccc1. The normalized spacial score (nSPS) is 12.1. The molecule has 31 heavy (non-hydrogen) atoms. The largest absolute Gasteiger partial charge is 0.478 e. The number of unbranched alkanes of at least 4 members (excludes halogenated alkanes) is 3. The fourth-order valence-electron chi connectivity index (χ4n) is 3.46. The van der Waals surface area contributed by atoms with Gasteiger partial charge in [0.15, 0.2) is 0 Å². The summed E-state index contributed by atoms with van der Waals surface area (Å²) in [5.41, 5.74) is 4.38. The van der Waals surface area contributed by atoms with Gasteiger partial charge in [-0.3, -0.25) is 0 Å². The van der Waals surface area contributed by atoms with Crippen LogP contribution in [0.3, 0.4) is 0 Å². The van der Waals surface area contributed by atoms with Crippen molar-refractivity contribution in [1.82, 2.24) is 0 Å². The Labute approximate surface area is 184 Å². The van der Waals surface area contributed by atoms with Gasteiger partial charge < -0.3 is 5.11 Å². The fraction of sp³-hybridized carbons (Fsp3) is 0.296. The molecule has 0 unspecified atom stereocenters. The first kappa shape index (κ1) is 23.6. The quantitative estimate of drug-likeness (QED) is 0.194. The van der Waals surface area contributed by atoms with E-state index in [1.165, 1.54) is 0 Å². The minimum Gasteiger partial charge on any atom is -0.478 e. The lowest BCUT2D eigenvalue weighted by molar-refractivity contribution is -0.132. The molecule has 158 valence electrons. The van der Waals surface area contributed by atoms with Crippen molar-refractivity contribution in [1.29, 1.82) is 10.5 Å². The summed E-state index contributed by atoms with van der Waals surface area (Å²) in [6, 6.07) is 23.8. The molecule has 2 rings (SSSR count). The van der Waals surface area contributed by atoms with Gasteiger partial charge in [0, 0.05) is 5.57 Å². The smallest absolute Gasteiger partial charge is 0.331 e. The zero-order valence-corrected chi connectivity index (χ0v) is 17.9. The van der Waals surface area contributed by atoms with E-state index in [-0.39, 0.29) is 0 Å². The van der Waals surface area contributed by atoms with Gasteiger partial charge in [0.05, 0.1) is 12.1 Å². The van der Waals surface area contributed by atoms with Gasteiger partial charge in [-0.1, -0.05) is 79.9 Å². The minimum absolute atomic E-state index is 0.390. The van der Waals surface area contributed by atoms with Crippen molar-refractivity contribution in [2.24, 2.45) is 5.92 Å². The van der Waals surface area contributed by atoms with E-state index in [2.05, 4.69) is 0 Å². The molecule has 0 amide bonds. The van der Waals surface area contributed by atoms with Gasteiger partial charge in [0.2, 0.25) is 0 Å². The second-order valence-corrected chi connectivity index (χ2v) is 7.51. The van der Waals surface area contributed by atoms with Crippen molar-refractivity contribution in [3.8, 4) is 12.1 Å². The molecule has 0 aliphatic heterocycles. The van der Waals surface area contributed by atoms with Crippen molar-refractivity contribution >= 4 is 17.1 Å². The molecule has 4 nitrogen and oxygen atoms in total. The number of allylic oxidation sites excluding steroid dienone is 3. The third kappa shape index (κ3) is 7.61. The summed E-state index contributed by atoms with van der Waals surface area (Å²) in [7, 11) is 0. The van der Waals surface area contributed by atoms with Gasteiger partial charge in [-0.05, 0) is 54.5 Å². The summed E-state index contributed by atoms with van der Waals surface area (Å²) in [5, 5.41) is 27.4. The Kier molecular flexibility index (Phi) is 9.79. The van der Waals surface area contributed by atoms with Crippen LogP contribution >= 0.6 is 0 Å². The number of carbonyl (C=O) groups is 1. The first-order valence-corrected chi connectivity index (χ1v) is 10.6. The molecule has 0 fully saturated rings. The molecule has 0 saturated carbocycles. The highest BCUT2D eigenvalue weighted by Gasteiger charge is 2.12. The Morgan fingerprint density at radius 3 is 2.00 bits per heavy atom. The molecule has 0 radical (unpaired) electrons. The molecule has 0 atom stereocenters. The van der Waals surface area contributed by atoms with Crippen LogP contribution in [0.2, 0.25) is 0 Å². The topological polar surface area (TPSA) is 84.9 Å². The molecule has 1 N–H and O–H groups in total. The lowest BCUT2D eigenvalue weighted by atomic mass is 9.93. The first-order valence-electron chi connectivity index (χ1n) is 10.6. The Balaban J connectivity index is 2.17. The maximum Gasteiger partial charge on any atom is 0.331 e. The van der Waals surface area contributed by atoms with Crippen LogP contribution in [0.25, 0.3) is 11.1 Å². The van der Waals surface area contributed by atoms with Crippen molar-refractivity contribution in [2.75, 3.05) is 0 Å². The fourth-order valence-corrected chi connectivity index (χ4v) is 3.46. The van der Waals surface area contributed by atoms with Crippen molar-refractivity contribution < 1.29 is 9.90 Å². The second kappa shape index (κ2) is 12.8. The van der Waals surface area contributed by atoms with Gasteiger partial charge in [-0.15, -0.1) is 0 Å². The van der Waals surface area contributed by atoms with E-state index in [1.807, 2.05) is 79.7 Å². The predicted octanol–water partition coefficient (Wildman–Crippen LogP) is 6.63. The van der Waals surface area contributed by atoms with Crippen LogP contribution in [0.5, 0.6) is 0 Å². The highest BCUT2D eigenvalue weighted by atomic mass is 16.4. The van der Waals surface area contributed by atoms with Crippen LogP contribution in [0.4, 0.5) is 0 Å². The van der Waals surface area contributed by atoms with Gasteiger partial charge in [-0.25, -0.2) is 4.79 Å². The van der Waals surface area contributed by atoms with Gasteiger partial charge >= 0.3 is 5.97 Å². The van der Waals surface area contributed by atoms with Crippen LogP contribution in [0.1, 0.15) is 56.6 Å². The third-order valence-electron chi connectivity index (χ3n) is 5.29. The van der Waals surface area contributed by atoms with E-state index in [0.717, 1.165) is 48.0 Å². The predicted molar refractivity (Wildman–Crippen MR) is 124 cm³/mol. The van der Waals surface area contributed by atoms with E-state index >= 15 is 0 Å². The zero-order valence-electron chi connectivity index (χ0n) is 17.9. The number of carboxylic acid groups (broad SMARTS) is 1. The Morgan fingerprint density at radius 2 is 1.45 bits per heavy atom. The average molecular weight is 413 g/mol. The van der Waals surface area contributed by atoms with Crippen LogP contribution < -0.4 is 0 Å². The Hall–Kier alpha value is -3.63. The molecular weight excluding hydrogens is 384 g/mol. The highest BCUT2D eigenvalue weighted by molar-refractivity contribution is 5.99. The summed E-state index contributed by atoms with van der Waals surface area (Å²) >= 11 is 0. The van der Waals surface area contributed by atoms with E-state index in [4.69, 9.17) is 10.5 Å². The van der Waals surface area contributed by atoms with Gasteiger partial charge in [0.1, 0.15) is 5.92 Å². The zero-order chi connectivity index (χ0) is 22.5. The minimum atomic E-state index is -0.900. The number of hydrogen-bond donors (Lipinski definition) is 1. The molecule has 2 aromatic rings. The summed E-state index contributed by atoms with van der Waals surface area (Å²) in [4.78, 5) is 11.9. The molecule has 0 spiro atoms. The molecule has 0 saturated heterocycles. The number of benzene rings is 2. The lowest BCUT2D eigenvalue weighted by Gasteiger charge is -2.12. The van der Waals surface area contributed by atoms with E-state index in [0.29, 0.717) is 18.4 Å². The number of nitriles is 2.